The molecule has 4 rings (SSSR count). The second kappa shape index (κ2) is 5.65. The molecule has 5 heteroatoms. The van der Waals surface area contributed by atoms with Crippen molar-refractivity contribution in [3.8, 4) is 0 Å². The minimum atomic E-state index is 0.00782. The molecule has 0 amide bonds. The molecule has 1 atom stereocenters. The lowest BCUT2D eigenvalue weighted by Gasteiger charge is -2.10. The van der Waals surface area contributed by atoms with Gasteiger partial charge in [0.05, 0.1) is 22.8 Å². The van der Waals surface area contributed by atoms with E-state index in [4.69, 9.17) is 22.3 Å². The van der Waals surface area contributed by atoms with Crippen molar-refractivity contribution in [3.05, 3.63) is 52.8 Å². The number of benzene rings is 2. The number of nitrogens with zero attached hydrogens (tertiary/aromatic N) is 2. The molecule has 0 spiro atoms. The van der Waals surface area contributed by atoms with E-state index in [1.54, 1.807) is 0 Å². The monoisotopic (exact) mass is 338 g/mol. The number of nitrogens with two attached hydrogens (primary N) is 1. The zero-order valence-corrected chi connectivity index (χ0v) is 14.4. The maximum absolute atomic E-state index is 6.27. The fourth-order valence-electron chi connectivity index (χ4n) is 3.26. The molecule has 2 aromatic carbocycles. The number of aromatic nitrogens is 2. The normalized spacial score (nSPS) is 14.1. The third kappa shape index (κ3) is 2.30. The SMILES string of the molecule is CC(N)CN=c1c2cc(Cl)ccc2n(C)c2[nH]c3ccccc3c12. The van der Waals surface area contributed by atoms with Gasteiger partial charge in [-0.2, -0.15) is 0 Å². The smallest absolute Gasteiger partial charge is 0.120 e. The van der Waals surface area contributed by atoms with Gasteiger partial charge in [0.25, 0.3) is 0 Å². The highest BCUT2D eigenvalue weighted by Gasteiger charge is 2.13. The lowest BCUT2D eigenvalue weighted by molar-refractivity contribution is 0.743. The van der Waals surface area contributed by atoms with Crippen LogP contribution in [0.5, 0.6) is 0 Å². The summed E-state index contributed by atoms with van der Waals surface area (Å²) in [4.78, 5) is 8.37. The van der Waals surface area contributed by atoms with Gasteiger partial charge in [-0.1, -0.05) is 29.8 Å². The highest BCUT2D eigenvalue weighted by atomic mass is 35.5. The molecular formula is C19H19ClN4. The van der Waals surface area contributed by atoms with E-state index in [9.17, 15) is 0 Å². The first-order chi connectivity index (χ1) is 11.6. The van der Waals surface area contributed by atoms with Crippen molar-refractivity contribution in [2.75, 3.05) is 6.54 Å². The predicted molar refractivity (Wildman–Crippen MR) is 101 cm³/mol. The highest BCUT2D eigenvalue weighted by molar-refractivity contribution is 6.31. The molecule has 0 aliphatic heterocycles. The number of H-pyrrole nitrogens is 1. The average Bonchev–Trinajstić information content (AvgIpc) is 2.94. The van der Waals surface area contributed by atoms with Crippen LogP contribution in [0.1, 0.15) is 6.92 Å². The van der Waals surface area contributed by atoms with Crippen LogP contribution in [0.25, 0.3) is 32.8 Å². The topological polar surface area (TPSA) is 59.1 Å². The second-order valence-corrected chi connectivity index (χ2v) is 6.72. The molecule has 0 radical (unpaired) electrons. The molecule has 0 fully saturated rings. The van der Waals surface area contributed by atoms with Crippen LogP contribution in [0.15, 0.2) is 47.5 Å². The summed E-state index contributed by atoms with van der Waals surface area (Å²) in [7, 11) is 2.06. The van der Waals surface area contributed by atoms with E-state index < -0.39 is 0 Å². The molecule has 122 valence electrons. The van der Waals surface area contributed by atoms with Crippen LogP contribution in [0.3, 0.4) is 0 Å². The third-order valence-electron chi connectivity index (χ3n) is 4.37. The predicted octanol–water partition coefficient (Wildman–Crippen LogP) is 3.71. The van der Waals surface area contributed by atoms with Crippen molar-refractivity contribution in [3.63, 3.8) is 0 Å². The van der Waals surface area contributed by atoms with Crippen LogP contribution < -0.4 is 11.1 Å². The number of aryl methyl sites for hydroxylation is 1. The van der Waals surface area contributed by atoms with E-state index in [0.29, 0.717) is 11.6 Å². The zero-order valence-electron chi connectivity index (χ0n) is 13.7. The lowest BCUT2D eigenvalue weighted by Crippen LogP contribution is -2.21. The van der Waals surface area contributed by atoms with Gasteiger partial charge in [-0.15, -0.1) is 0 Å². The van der Waals surface area contributed by atoms with Gasteiger partial charge in [-0.05, 0) is 31.2 Å². The Morgan fingerprint density at radius 1 is 1.21 bits per heavy atom. The Labute approximate surface area is 144 Å². The molecule has 2 heterocycles. The van der Waals surface area contributed by atoms with Crippen LogP contribution >= 0.6 is 11.6 Å². The van der Waals surface area contributed by atoms with Crippen LogP contribution in [-0.2, 0) is 7.05 Å². The number of hydrogen-bond donors (Lipinski definition) is 2. The van der Waals surface area contributed by atoms with E-state index >= 15 is 0 Å². The molecule has 1 unspecified atom stereocenters. The van der Waals surface area contributed by atoms with Crippen LogP contribution in [0.4, 0.5) is 0 Å². The van der Waals surface area contributed by atoms with Gasteiger partial charge in [-0.3, -0.25) is 4.99 Å². The summed E-state index contributed by atoms with van der Waals surface area (Å²) in [5, 5.41) is 4.98. The summed E-state index contributed by atoms with van der Waals surface area (Å²) in [5.41, 5.74) is 9.18. The van der Waals surface area contributed by atoms with Gasteiger partial charge in [0.1, 0.15) is 5.65 Å². The van der Waals surface area contributed by atoms with Crippen molar-refractivity contribution in [2.45, 2.75) is 13.0 Å². The third-order valence-corrected chi connectivity index (χ3v) is 4.61. The number of fused-ring (bicyclic) bond motifs is 4. The molecule has 24 heavy (non-hydrogen) atoms. The van der Waals surface area contributed by atoms with Crippen LogP contribution in [-0.4, -0.2) is 22.1 Å². The number of hydrogen-bond acceptors (Lipinski definition) is 2. The summed E-state index contributed by atoms with van der Waals surface area (Å²) in [5.74, 6) is 0. The van der Waals surface area contributed by atoms with Gasteiger partial charge in [0, 0.05) is 34.4 Å². The van der Waals surface area contributed by atoms with Crippen molar-refractivity contribution >= 4 is 44.4 Å². The minimum absolute atomic E-state index is 0.00782. The molecule has 4 nitrogen and oxygen atoms in total. The Balaban J connectivity index is 2.29. The van der Waals surface area contributed by atoms with Gasteiger partial charge in [0.2, 0.25) is 0 Å². The highest BCUT2D eigenvalue weighted by Crippen LogP contribution is 2.26. The van der Waals surface area contributed by atoms with Gasteiger partial charge in [0.15, 0.2) is 0 Å². The summed E-state index contributed by atoms with van der Waals surface area (Å²) in [6.07, 6.45) is 0. The van der Waals surface area contributed by atoms with E-state index in [1.165, 1.54) is 0 Å². The standard InChI is InChI=1S/C19H19ClN4/c1-11(21)10-22-18-14-9-12(20)7-8-16(14)24(2)19-17(18)13-5-3-4-6-15(13)23-19/h3-9,11,23H,10,21H2,1-2H3. The van der Waals surface area contributed by atoms with Crippen molar-refractivity contribution in [2.24, 2.45) is 17.8 Å². The minimum Gasteiger partial charge on any atom is -0.341 e. The summed E-state index contributed by atoms with van der Waals surface area (Å²) >= 11 is 6.27. The first kappa shape index (κ1) is 15.2. The number of para-hydroxylation sites is 1. The van der Waals surface area contributed by atoms with Crippen LogP contribution in [0.2, 0.25) is 5.02 Å². The molecule has 0 aliphatic carbocycles. The zero-order chi connectivity index (χ0) is 16.8. The quantitative estimate of drug-likeness (QED) is 0.575. The Kier molecular flexibility index (Phi) is 3.59. The summed E-state index contributed by atoms with van der Waals surface area (Å²) in [6.45, 7) is 2.54. The molecule has 0 saturated heterocycles. The molecule has 2 aromatic heterocycles. The largest absolute Gasteiger partial charge is 0.341 e. The molecule has 3 N–H and O–H groups in total. The van der Waals surface area contributed by atoms with Crippen molar-refractivity contribution in [1.82, 2.24) is 9.55 Å². The lowest BCUT2D eigenvalue weighted by atomic mass is 10.1. The molecule has 0 saturated carbocycles. The Bertz CT molecular complexity index is 1130. The van der Waals surface area contributed by atoms with Crippen molar-refractivity contribution in [1.29, 1.82) is 0 Å². The van der Waals surface area contributed by atoms with Crippen LogP contribution in [0, 0.1) is 0 Å². The maximum Gasteiger partial charge on any atom is 0.120 e. The van der Waals surface area contributed by atoms with Gasteiger partial charge >= 0.3 is 0 Å². The number of aromatic amines is 1. The maximum atomic E-state index is 6.27. The number of rotatable bonds is 2. The Morgan fingerprint density at radius 3 is 2.79 bits per heavy atom. The van der Waals surface area contributed by atoms with E-state index in [0.717, 1.165) is 38.2 Å². The Hall–Kier alpha value is -2.30. The number of pyridine rings is 1. The van der Waals surface area contributed by atoms with E-state index in [-0.39, 0.29) is 6.04 Å². The molecule has 0 bridgehead atoms. The van der Waals surface area contributed by atoms with Gasteiger partial charge < -0.3 is 15.3 Å². The molecular weight excluding hydrogens is 320 g/mol. The Morgan fingerprint density at radius 2 is 2.00 bits per heavy atom. The summed E-state index contributed by atoms with van der Waals surface area (Å²) < 4.78 is 2.16. The molecule has 0 aliphatic rings. The number of halogens is 1. The first-order valence-electron chi connectivity index (χ1n) is 8.01. The van der Waals surface area contributed by atoms with Gasteiger partial charge in [-0.25, -0.2) is 0 Å². The summed E-state index contributed by atoms with van der Waals surface area (Å²) in [6, 6.07) is 14.2. The average molecular weight is 339 g/mol. The van der Waals surface area contributed by atoms with E-state index in [2.05, 4.69) is 28.7 Å². The fourth-order valence-corrected chi connectivity index (χ4v) is 3.44. The van der Waals surface area contributed by atoms with E-state index in [1.807, 2.05) is 37.3 Å². The first-order valence-corrected chi connectivity index (χ1v) is 8.39. The number of nitrogens with one attached hydrogen (secondary N) is 1. The van der Waals surface area contributed by atoms with Crippen molar-refractivity contribution < 1.29 is 0 Å². The second-order valence-electron chi connectivity index (χ2n) is 6.28. The molecule has 4 aromatic rings. The fraction of sp³-hybridized carbons (Fsp3) is 0.211.